The molecule has 0 spiro atoms. The fourth-order valence-electron chi connectivity index (χ4n) is 0. The minimum atomic E-state index is 0. The molecule has 0 aliphatic carbocycles. The summed E-state index contributed by atoms with van der Waals surface area (Å²) in [5, 5.41) is 0. The van der Waals surface area contributed by atoms with Crippen LogP contribution in [0, 0.1) is 0 Å². The van der Waals surface area contributed by atoms with Crippen molar-refractivity contribution in [2.24, 2.45) is 0 Å². The normalized spacial score (nSPS) is 6.86. The van der Waals surface area contributed by atoms with Crippen LogP contribution in [0.1, 0.15) is 28.7 Å². The van der Waals surface area contributed by atoms with Crippen molar-refractivity contribution in [3.63, 3.8) is 0 Å². The van der Waals surface area contributed by atoms with Crippen molar-refractivity contribution in [2.45, 2.75) is 34.8 Å². The van der Waals surface area contributed by atoms with Gasteiger partial charge in [0.25, 0.3) is 0 Å². The monoisotopic (exact) mass is 106 g/mol. The van der Waals surface area contributed by atoms with Gasteiger partial charge in [-0.15, -0.1) is 0 Å². The van der Waals surface area contributed by atoms with Crippen molar-refractivity contribution in [1.82, 2.24) is 0 Å². The molecule has 48 valence electrons. The van der Waals surface area contributed by atoms with Gasteiger partial charge in [0.05, 0.1) is 6.10 Å². The molecule has 0 aromatic heterocycles. The maximum atomic E-state index is 4.75. The van der Waals surface area contributed by atoms with E-state index in [1.54, 1.807) is 7.11 Å². The first kappa shape index (κ1) is 15.8. The van der Waals surface area contributed by atoms with Gasteiger partial charge in [-0.05, 0) is 13.8 Å². The van der Waals surface area contributed by atoms with Crippen LogP contribution in [0.3, 0.4) is 0 Å². The number of hydrogen-bond acceptors (Lipinski definition) is 1. The maximum Gasteiger partial charge on any atom is 0.0515 e. The van der Waals surface area contributed by atoms with E-state index in [1.807, 2.05) is 13.8 Å². The quantitative estimate of drug-likeness (QED) is 0.498. The Morgan fingerprint density at radius 2 is 1.29 bits per heavy atom. The SMILES string of the molecule is C.C.COC(C)C. The summed E-state index contributed by atoms with van der Waals surface area (Å²) in [5.74, 6) is 0. The summed E-state index contributed by atoms with van der Waals surface area (Å²) in [6.07, 6.45) is 0.384. The number of hydrogen-bond donors (Lipinski definition) is 0. The van der Waals surface area contributed by atoms with Crippen molar-refractivity contribution >= 4 is 0 Å². The average molecular weight is 106 g/mol. The Kier molecular flexibility index (Phi) is 21.1. The molecule has 0 fully saturated rings. The van der Waals surface area contributed by atoms with E-state index in [9.17, 15) is 0 Å². The third-order valence-corrected chi connectivity index (χ3v) is 0.471. The van der Waals surface area contributed by atoms with Gasteiger partial charge in [-0.3, -0.25) is 0 Å². The average Bonchev–Trinajstić information content (AvgIpc) is 1.38. The first-order valence-corrected chi connectivity index (χ1v) is 1.80. The predicted octanol–water partition coefficient (Wildman–Crippen LogP) is 2.31. The van der Waals surface area contributed by atoms with Crippen LogP contribution in [0.4, 0.5) is 0 Å². The van der Waals surface area contributed by atoms with Gasteiger partial charge in [-0.25, -0.2) is 0 Å². The molecule has 0 aliphatic heterocycles. The fraction of sp³-hybridized carbons (Fsp3) is 1.00. The molecule has 0 saturated carbocycles. The van der Waals surface area contributed by atoms with Crippen LogP contribution in [0.5, 0.6) is 0 Å². The molecule has 1 heteroatoms. The third kappa shape index (κ3) is 24.3. The largest absolute Gasteiger partial charge is 0.382 e. The summed E-state index contributed by atoms with van der Waals surface area (Å²) in [4.78, 5) is 0. The van der Waals surface area contributed by atoms with Gasteiger partial charge in [-0.2, -0.15) is 0 Å². The minimum Gasteiger partial charge on any atom is -0.382 e. The van der Waals surface area contributed by atoms with Crippen LogP contribution < -0.4 is 0 Å². The molecule has 1 nitrogen and oxygen atoms in total. The standard InChI is InChI=1S/C4H10O.2CH4/c1-4(2)5-3;;/h4H,1-3H3;2*1H4. The van der Waals surface area contributed by atoms with E-state index < -0.39 is 0 Å². The van der Waals surface area contributed by atoms with Gasteiger partial charge in [-0.1, -0.05) is 14.9 Å². The Hall–Kier alpha value is -0.0400. The van der Waals surface area contributed by atoms with Crippen molar-refractivity contribution in [1.29, 1.82) is 0 Å². The summed E-state index contributed by atoms with van der Waals surface area (Å²) in [6.45, 7) is 4.00. The lowest BCUT2D eigenvalue weighted by Crippen LogP contribution is -1.94. The smallest absolute Gasteiger partial charge is 0.0515 e. The van der Waals surface area contributed by atoms with Crippen LogP contribution in [-0.4, -0.2) is 13.2 Å². The molecule has 0 saturated heterocycles. The lowest BCUT2D eigenvalue weighted by Gasteiger charge is -1.94. The summed E-state index contributed by atoms with van der Waals surface area (Å²) >= 11 is 0. The molecule has 7 heavy (non-hydrogen) atoms. The Labute approximate surface area is 47.7 Å². The Bertz CT molecular complexity index is 18.1. The zero-order valence-electron chi connectivity index (χ0n) is 3.99. The minimum absolute atomic E-state index is 0. The number of methoxy groups -OCH3 is 1. The zero-order valence-corrected chi connectivity index (χ0v) is 3.99. The van der Waals surface area contributed by atoms with E-state index in [0.717, 1.165) is 0 Å². The summed E-state index contributed by atoms with van der Waals surface area (Å²) in [5.41, 5.74) is 0. The Morgan fingerprint density at radius 1 is 1.14 bits per heavy atom. The molecule has 0 rings (SSSR count). The second-order valence-electron chi connectivity index (χ2n) is 1.28. The van der Waals surface area contributed by atoms with Crippen LogP contribution in [0.2, 0.25) is 0 Å². The van der Waals surface area contributed by atoms with Crippen molar-refractivity contribution in [3.8, 4) is 0 Å². The second kappa shape index (κ2) is 9.35. The van der Waals surface area contributed by atoms with Crippen LogP contribution in [-0.2, 0) is 4.74 Å². The van der Waals surface area contributed by atoms with E-state index in [2.05, 4.69) is 0 Å². The van der Waals surface area contributed by atoms with E-state index in [0.29, 0.717) is 6.10 Å². The second-order valence-corrected chi connectivity index (χ2v) is 1.28. The van der Waals surface area contributed by atoms with Gasteiger partial charge >= 0.3 is 0 Å². The highest BCUT2D eigenvalue weighted by atomic mass is 16.5. The van der Waals surface area contributed by atoms with E-state index >= 15 is 0 Å². The molecule has 0 aromatic carbocycles. The number of rotatable bonds is 1. The third-order valence-electron chi connectivity index (χ3n) is 0.471. The highest BCUT2D eigenvalue weighted by Gasteiger charge is 1.78. The summed E-state index contributed by atoms with van der Waals surface area (Å²) < 4.78 is 4.75. The Morgan fingerprint density at radius 3 is 1.29 bits per heavy atom. The van der Waals surface area contributed by atoms with E-state index in [1.165, 1.54) is 0 Å². The number of ether oxygens (including phenoxy) is 1. The summed E-state index contributed by atoms with van der Waals surface area (Å²) in [7, 11) is 1.70. The van der Waals surface area contributed by atoms with Crippen LogP contribution in [0.25, 0.3) is 0 Å². The zero-order chi connectivity index (χ0) is 4.28. The van der Waals surface area contributed by atoms with Gasteiger partial charge in [0.2, 0.25) is 0 Å². The van der Waals surface area contributed by atoms with Gasteiger partial charge < -0.3 is 4.74 Å². The molecule has 0 bridgehead atoms. The van der Waals surface area contributed by atoms with Gasteiger partial charge in [0.15, 0.2) is 0 Å². The van der Waals surface area contributed by atoms with Gasteiger partial charge in [0, 0.05) is 7.11 Å². The summed E-state index contributed by atoms with van der Waals surface area (Å²) in [6, 6.07) is 0. The molecule has 0 unspecified atom stereocenters. The topological polar surface area (TPSA) is 9.23 Å². The first-order chi connectivity index (χ1) is 2.27. The van der Waals surface area contributed by atoms with Crippen molar-refractivity contribution in [2.75, 3.05) is 7.11 Å². The molecule has 0 aromatic rings. The lowest BCUT2D eigenvalue weighted by molar-refractivity contribution is 0.134. The predicted molar refractivity (Wildman–Crippen MR) is 35.6 cm³/mol. The Balaban J connectivity index is -0.0000000800. The molecule has 0 atom stereocenters. The van der Waals surface area contributed by atoms with Crippen molar-refractivity contribution < 1.29 is 4.74 Å². The lowest BCUT2D eigenvalue weighted by atomic mass is 10.5. The van der Waals surface area contributed by atoms with E-state index in [4.69, 9.17) is 4.74 Å². The molecule has 0 radical (unpaired) electrons. The molecule has 0 amide bonds. The first-order valence-electron chi connectivity index (χ1n) is 1.80. The van der Waals surface area contributed by atoms with Crippen LogP contribution in [0.15, 0.2) is 0 Å². The van der Waals surface area contributed by atoms with Crippen molar-refractivity contribution in [3.05, 3.63) is 0 Å². The molecule has 0 aliphatic rings. The molecular weight excluding hydrogens is 88.1 g/mol. The van der Waals surface area contributed by atoms with E-state index in [-0.39, 0.29) is 14.9 Å². The molecular formula is C6H18O. The maximum absolute atomic E-state index is 4.75. The molecule has 0 N–H and O–H groups in total. The van der Waals surface area contributed by atoms with Gasteiger partial charge in [0.1, 0.15) is 0 Å². The molecule has 0 heterocycles. The highest BCUT2D eigenvalue weighted by Crippen LogP contribution is 1.77. The van der Waals surface area contributed by atoms with Crippen LogP contribution >= 0.6 is 0 Å². The highest BCUT2D eigenvalue weighted by molar-refractivity contribution is 4.27. The fourth-order valence-corrected chi connectivity index (χ4v) is 0.